The lowest BCUT2D eigenvalue weighted by Crippen LogP contribution is -2.47. The number of hydrogen-bond donors (Lipinski definition) is 3. The molecule has 39 heavy (non-hydrogen) atoms. The number of amides is 1. The first-order valence-electron chi connectivity index (χ1n) is 12.4. The van der Waals surface area contributed by atoms with E-state index in [0.717, 1.165) is 11.6 Å². The molecular formula is C28H31N5O6. The fraction of sp³-hybridized carbons (Fsp3) is 0.321. The normalized spacial score (nSPS) is 12.3. The van der Waals surface area contributed by atoms with Gasteiger partial charge in [-0.2, -0.15) is 0 Å². The Morgan fingerprint density at radius 2 is 1.95 bits per heavy atom. The highest BCUT2D eigenvalue weighted by molar-refractivity contribution is 5.95. The van der Waals surface area contributed by atoms with Crippen LogP contribution >= 0.6 is 0 Å². The molecule has 0 aliphatic carbocycles. The lowest BCUT2D eigenvalue weighted by atomic mass is 10.0. The molecule has 3 rings (SSSR count). The van der Waals surface area contributed by atoms with Crippen molar-refractivity contribution < 1.29 is 23.9 Å². The van der Waals surface area contributed by atoms with Crippen LogP contribution in [0, 0.1) is 5.41 Å². The molecule has 0 saturated carbocycles. The van der Waals surface area contributed by atoms with Gasteiger partial charge in [-0.05, 0) is 37.6 Å². The molecule has 1 unspecified atom stereocenters. The number of nitrogens with two attached hydrogens (primary N) is 1. The number of rotatable bonds is 12. The van der Waals surface area contributed by atoms with Gasteiger partial charge in [0.25, 0.3) is 5.56 Å². The number of esters is 1. The highest BCUT2D eigenvalue weighted by Gasteiger charge is 2.34. The Morgan fingerprint density at radius 1 is 1.18 bits per heavy atom. The molecule has 2 aromatic carbocycles. The number of nitrogens with zero attached hydrogens (tertiary/aromatic N) is 2. The van der Waals surface area contributed by atoms with Gasteiger partial charge in [0.2, 0.25) is 5.91 Å². The number of amidine groups is 1. The summed E-state index contributed by atoms with van der Waals surface area (Å²) >= 11 is 0. The molecule has 0 fully saturated rings. The zero-order valence-electron chi connectivity index (χ0n) is 22.1. The average Bonchev–Trinajstić information content (AvgIpc) is 2.90. The van der Waals surface area contributed by atoms with Gasteiger partial charge < -0.3 is 25.1 Å². The molecule has 204 valence electrons. The van der Waals surface area contributed by atoms with Gasteiger partial charge in [-0.1, -0.05) is 24.3 Å². The van der Waals surface area contributed by atoms with Crippen LogP contribution in [0.1, 0.15) is 49.1 Å². The first-order chi connectivity index (χ1) is 18.6. The van der Waals surface area contributed by atoms with Crippen LogP contribution in [-0.2, 0) is 43.1 Å². The third kappa shape index (κ3) is 6.84. The molecule has 3 aromatic rings. The molecule has 1 aromatic heterocycles. The zero-order chi connectivity index (χ0) is 28.6. The minimum absolute atomic E-state index is 0.0827. The monoisotopic (exact) mass is 533 g/mol. The summed E-state index contributed by atoms with van der Waals surface area (Å²) in [6, 6.07) is 11.9. The van der Waals surface area contributed by atoms with Crippen LogP contribution < -0.4 is 16.6 Å². The number of benzene rings is 2. The van der Waals surface area contributed by atoms with Gasteiger partial charge in [-0.15, -0.1) is 0 Å². The fourth-order valence-electron chi connectivity index (χ4n) is 4.16. The van der Waals surface area contributed by atoms with Crippen molar-refractivity contribution in [3.05, 3.63) is 81.3 Å². The first-order valence-corrected chi connectivity index (χ1v) is 12.4. The van der Waals surface area contributed by atoms with Gasteiger partial charge in [-0.3, -0.25) is 19.8 Å². The van der Waals surface area contributed by atoms with Crippen LogP contribution in [-0.4, -0.2) is 46.4 Å². The summed E-state index contributed by atoms with van der Waals surface area (Å²) in [4.78, 5) is 53.6. The molecule has 0 spiro atoms. The quantitative estimate of drug-likeness (QED) is 0.104. The van der Waals surface area contributed by atoms with Gasteiger partial charge >= 0.3 is 5.97 Å². The van der Waals surface area contributed by atoms with E-state index in [1.165, 1.54) is 4.57 Å². The maximum absolute atomic E-state index is 13.1. The molecule has 1 amide bonds. The van der Waals surface area contributed by atoms with E-state index in [4.69, 9.17) is 20.6 Å². The number of fused-ring (bicyclic) bond motifs is 1. The number of hydrogen-bond acceptors (Lipinski definition) is 8. The van der Waals surface area contributed by atoms with Crippen molar-refractivity contribution in [2.45, 2.75) is 38.8 Å². The Kier molecular flexibility index (Phi) is 9.48. The van der Waals surface area contributed by atoms with Crippen molar-refractivity contribution >= 4 is 34.7 Å². The van der Waals surface area contributed by atoms with Crippen LogP contribution in [0.5, 0.6) is 0 Å². The van der Waals surface area contributed by atoms with E-state index in [1.54, 1.807) is 63.2 Å². The lowest BCUT2D eigenvalue weighted by molar-refractivity contribution is -0.145. The fourth-order valence-corrected chi connectivity index (χ4v) is 4.16. The number of aromatic nitrogens is 2. The van der Waals surface area contributed by atoms with Crippen LogP contribution in [0.4, 0.5) is 0 Å². The average molecular weight is 534 g/mol. The maximum atomic E-state index is 13.1. The molecule has 1 atom stereocenters. The molecule has 1 heterocycles. The third-order valence-corrected chi connectivity index (χ3v) is 6.00. The predicted molar refractivity (Wildman–Crippen MR) is 145 cm³/mol. The van der Waals surface area contributed by atoms with Crippen LogP contribution in [0.2, 0.25) is 0 Å². The van der Waals surface area contributed by atoms with E-state index in [0.29, 0.717) is 22.2 Å². The Hall–Kier alpha value is -4.60. The standard InChI is InChI=1S/C28H31N5O6/c1-4-38-25(36)12-11-24(35)32-28(13-14-34,39-5-2)20-9-10-23-21(17-20)31-22(27(37)33(23)3)16-18-7-6-8-19(15-18)26(29)30/h6-10,13,15,17H,4-5,11-12,16H2,1-3H3,(H3,29,30)(H,32,35). The predicted octanol–water partition coefficient (Wildman–Crippen LogP) is 1.84. The van der Waals surface area contributed by atoms with Crippen LogP contribution in [0.15, 0.2) is 53.3 Å². The van der Waals surface area contributed by atoms with Crippen molar-refractivity contribution in [2.24, 2.45) is 12.8 Å². The summed E-state index contributed by atoms with van der Waals surface area (Å²) in [6.45, 7) is 3.71. The number of ether oxygens (including phenoxy) is 2. The number of nitrogen functional groups attached to an aromatic ring is 1. The number of aryl methyl sites for hydroxylation is 1. The first kappa shape index (κ1) is 29.0. The van der Waals surface area contributed by atoms with Gasteiger partial charge in [0.05, 0.1) is 30.1 Å². The third-order valence-electron chi connectivity index (χ3n) is 6.00. The second-order valence-corrected chi connectivity index (χ2v) is 8.70. The number of carbonyl (C=O) groups excluding carboxylic acids is 3. The Balaban J connectivity index is 2.04. The molecule has 4 N–H and O–H groups in total. The van der Waals surface area contributed by atoms with Crippen LogP contribution in [0.3, 0.4) is 0 Å². The Morgan fingerprint density at radius 3 is 2.62 bits per heavy atom. The molecular weight excluding hydrogens is 502 g/mol. The highest BCUT2D eigenvalue weighted by atomic mass is 16.5. The largest absolute Gasteiger partial charge is 0.466 e. The van der Waals surface area contributed by atoms with Crippen molar-refractivity contribution in [1.82, 2.24) is 14.9 Å². The molecule has 0 saturated heterocycles. The minimum atomic E-state index is -1.68. The van der Waals surface area contributed by atoms with E-state index < -0.39 is 17.6 Å². The molecule has 0 aliphatic rings. The number of nitrogens with one attached hydrogen (secondary N) is 2. The summed E-state index contributed by atoms with van der Waals surface area (Å²) in [6.07, 6.45) is 0.936. The number of carbonyl (C=O) groups is 2. The summed E-state index contributed by atoms with van der Waals surface area (Å²) in [7, 11) is 1.62. The molecule has 0 radical (unpaired) electrons. The molecule has 0 aliphatic heterocycles. The summed E-state index contributed by atoms with van der Waals surface area (Å²) in [5.74, 6) is 0.562. The second-order valence-electron chi connectivity index (χ2n) is 8.70. The smallest absolute Gasteiger partial charge is 0.306 e. The van der Waals surface area contributed by atoms with Gasteiger partial charge in [0.1, 0.15) is 17.5 Å². The van der Waals surface area contributed by atoms with E-state index in [2.05, 4.69) is 10.3 Å². The van der Waals surface area contributed by atoms with E-state index in [1.807, 2.05) is 6.07 Å². The van der Waals surface area contributed by atoms with E-state index >= 15 is 0 Å². The zero-order valence-corrected chi connectivity index (χ0v) is 22.1. The molecule has 11 nitrogen and oxygen atoms in total. The SMILES string of the molecule is CCOC(=O)CCC(=O)NC(C=C=O)(OCC)c1ccc2c(c1)nc(Cc1cccc(C(=N)N)c1)c(=O)n2C. The van der Waals surface area contributed by atoms with E-state index in [-0.39, 0.29) is 49.6 Å². The maximum Gasteiger partial charge on any atom is 0.306 e. The Labute approximate surface area is 225 Å². The van der Waals surface area contributed by atoms with Gasteiger partial charge in [-0.25, -0.2) is 9.78 Å². The summed E-state index contributed by atoms with van der Waals surface area (Å²) in [5, 5.41) is 10.4. The Bertz CT molecular complexity index is 1510. The minimum Gasteiger partial charge on any atom is -0.466 e. The lowest BCUT2D eigenvalue weighted by Gasteiger charge is -2.31. The highest BCUT2D eigenvalue weighted by Crippen LogP contribution is 2.27. The van der Waals surface area contributed by atoms with Crippen molar-refractivity contribution in [3.8, 4) is 0 Å². The van der Waals surface area contributed by atoms with Crippen molar-refractivity contribution in [3.63, 3.8) is 0 Å². The molecule has 0 bridgehead atoms. The topological polar surface area (TPSA) is 166 Å². The second kappa shape index (κ2) is 12.8. The van der Waals surface area contributed by atoms with Gasteiger partial charge in [0, 0.05) is 37.6 Å². The van der Waals surface area contributed by atoms with E-state index in [9.17, 15) is 19.2 Å². The molecule has 11 heteroatoms. The van der Waals surface area contributed by atoms with Crippen molar-refractivity contribution in [2.75, 3.05) is 13.2 Å². The van der Waals surface area contributed by atoms with Gasteiger partial charge in [0.15, 0.2) is 5.72 Å². The van der Waals surface area contributed by atoms with Crippen molar-refractivity contribution in [1.29, 1.82) is 5.41 Å². The van der Waals surface area contributed by atoms with Crippen LogP contribution in [0.25, 0.3) is 11.0 Å². The summed E-state index contributed by atoms with van der Waals surface area (Å²) in [5.41, 5.74) is 6.51. The summed E-state index contributed by atoms with van der Waals surface area (Å²) < 4.78 is 12.2.